The van der Waals surface area contributed by atoms with E-state index in [0.29, 0.717) is 26.1 Å². The lowest BCUT2D eigenvalue weighted by Gasteiger charge is -2.45. The summed E-state index contributed by atoms with van der Waals surface area (Å²) in [5.41, 5.74) is -1.54. The van der Waals surface area contributed by atoms with Crippen molar-refractivity contribution in [3.63, 3.8) is 0 Å². The minimum atomic E-state index is -0.770. The van der Waals surface area contributed by atoms with E-state index in [1.165, 1.54) is 0 Å². The molecule has 0 amide bonds. The molecule has 104 valence electrons. The molecule has 1 aliphatic carbocycles. The molecule has 0 spiro atoms. The smallest absolute Gasteiger partial charge is 0.312 e. The maximum atomic E-state index is 12.2. The van der Waals surface area contributed by atoms with Gasteiger partial charge in [-0.05, 0) is 40.5 Å². The molecule has 0 aromatic heterocycles. The SMILES string of the molecule is CCOC(=O)C1(C)CCCCC1(C)C(=O)OCC. The molecule has 0 aliphatic heterocycles. The van der Waals surface area contributed by atoms with E-state index in [1.54, 1.807) is 13.8 Å². The van der Waals surface area contributed by atoms with Crippen molar-refractivity contribution in [2.24, 2.45) is 10.8 Å². The van der Waals surface area contributed by atoms with Crippen molar-refractivity contribution in [2.45, 2.75) is 53.4 Å². The normalized spacial score (nSPS) is 31.8. The minimum Gasteiger partial charge on any atom is -0.466 e. The number of carbonyl (C=O) groups excluding carboxylic acids is 2. The second kappa shape index (κ2) is 5.72. The van der Waals surface area contributed by atoms with Crippen LogP contribution >= 0.6 is 0 Å². The number of esters is 2. The van der Waals surface area contributed by atoms with Crippen molar-refractivity contribution in [1.29, 1.82) is 0 Å². The van der Waals surface area contributed by atoms with E-state index in [4.69, 9.17) is 9.47 Å². The Labute approximate surface area is 109 Å². The molecule has 2 atom stereocenters. The molecule has 1 fully saturated rings. The summed E-state index contributed by atoms with van der Waals surface area (Å²) in [4.78, 5) is 24.4. The molecule has 0 radical (unpaired) electrons. The summed E-state index contributed by atoms with van der Waals surface area (Å²) in [6.45, 7) is 7.92. The van der Waals surface area contributed by atoms with Crippen LogP contribution in [0, 0.1) is 10.8 Å². The molecule has 1 aliphatic rings. The van der Waals surface area contributed by atoms with Gasteiger partial charge in [0.25, 0.3) is 0 Å². The molecule has 0 bridgehead atoms. The predicted octanol–water partition coefficient (Wildman–Crippen LogP) is 2.70. The van der Waals surface area contributed by atoms with Crippen molar-refractivity contribution >= 4 is 11.9 Å². The van der Waals surface area contributed by atoms with E-state index in [2.05, 4.69) is 0 Å². The Morgan fingerprint density at radius 2 is 1.22 bits per heavy atom. The van der Waals surface area contributed by atoms with Crippen LogP contribution in [0.1, 0.15) is 53.4 Å². The molecule has 4 nitrogen and oxygen atoms in total. The summed E-state index contributed by atoms with van der Waals surface area (Å²) in [5, 5.41) is 0. The van der Waals surface area contributed by atoms with Crippen molar-refractivity contribution < 1.29 is 19.1 Å². The standard InChI is InChI=1S/C14H24O4/c1-5-17-11(15)13(3)9-7-8-10-14(13,4)12(16)18-6-2/h5-10H2,1-4H3. The zero-order valence-electron chi connectivity index (χ0n) is 11.9. The van der Waals surface area contributed by atoms with Gasteiger partial charge in [-0.25, -0.2) is 0 Å². The Balaban J connectivity index is 3.04. The minimum absolute atomic E-state index is 0.278. The van der Waals surface area contributed by atoms with Crippen LogP contribution in [-0.4, -0.2) is 25.2 Å². The maximum absolute atomic E-state index is 12.2. The summed E-state index contributed by atoms with van der Waals surface area (Å²) in [7, 11) is 0. The van der Waals surface area contributed by atoms with E-state index in [-0.39, 0.29) is 11.9 Å². The highest BCUT2D eigenvalue weighted by atomic mass is 16.5. The average Bonchev–Trinajstić information content (AvgIpc) is 2.33. The molecule has 0 N–H and O–H groups in total. The number of ether oxygens (including phenoxy) is 2. The van der Waals surface area contributed by atoms with Crippen LogP contribution in [0.2, 0.25) is 0 Å². The Hall–Kier alpha value is -1.06. The highest BCUT2D eigenvalue weighted by Gasteiger charge is 2.57. The van der Waals surface area contributed by atoms with E-state index in [0.717, 1.165) is 12.8 Å². The third-order valence-electron chi connectivity index (χ3n) is 4.27. The molecule has 2 unspecified atom stereocenters. The molecule has 4 heteroatoms. The zero-order valence-corrected chi connectivity index (χ0v) is 11.9. The van der Waals surface area contributed by atoms with Crippen molar-refractivity contribution in [3.8, 4) is 0 Å². The van der Waals surface area contributed by atoms with Gasteiger partial charge in [-0.15, -0.1) is 0 Å². The molecule has 0 aromatic rings. The Morgan fingerprint density at radius 1 is 0.889 bits per heavy atom. The fraction of sp³-hybridized carbons (Fsp3) is 0.857. The quantitative estimate of drug-likeness (QED) is 0.726. The monoisotopic (exact) mass is 256 g/mol. The van der Waals surface area contributed by atoms with Crippen LogP contribution < -0.4 is 0 Å². The van der Waals surface area contributed by atoms with Gasteiger partial charge in [0, 0.05) is 0 Å². The highest BCUT2D eigenvalue weighted by molar-refractivity contribution is 5.88. The molecule has 1 saturated carbocycles. The first-order valence-electron chi connectivity index (χ1n) is 6.77. The fourth-order valence-electron chi connectivity index (χ4n) is 2.74. The first-order valence-corrected chi connectivity index (χ1v) is 6.77. The molecule has 0 heterocycles. The largest absolute Gasteiger partial charge is 0.466 e. The van der Waals surface area contributed by atoms with Gasteiger partial charge in [0.15, 0.2) is 0 Å². The van der Waals surface area contributed by atoms with Gasteiger partial charge in [-0.3, -0.25) is 9.59 Å². The number of rotatable bonds is 4. The van der Waals surface area contributed by atoms with E-state index < -0.39 is 10.8 Å². The summed E-state index contributed by atoms with van der Waals surface area (Å²) in [6, 6.07) is 0. The van der Waals surface area contributed by atoms with Crippen LogP contribution in [0.25, 0.3) is 0 Å². The number of hydrogen-bond acceptors (Lipinski definition) is 4. The lowest BCUT2D eigenvalue weighted by molar-refractivity contribution is -0.182. The number of hydrogen-bond donors (Lipinski definition) is 0. The Bertz CT molecular complexity index is 294. The lowest BCUT2D eigenvalue weighted by atomic mass is 9.57. The van der Waals surface area contributed by atoms with Crippen LogP contribution in [-0.2, 0) is 19.1 Å². The topological polar surface area (TPSA) is 52.6 Å². The molecular weight excluding hydrogens is 232 g/mol. The summed E-state index contributed by atoms with van der Waals surface area (Å²) >= 11 is 0. The highest BCUT2D eigenvalue weighted by Crippen LogP contribution is 2.51. The first kappa shape index (κ1) is 15.0. The van der Waals surface area contributed by atoms with E-state index in [9.17, 15) is 9.59 Å². The summed E-state index contributed by atoms with van der Waals surface area (Å²) < 4.78 is 10.3. The molecular formula is C14H24O4. The Morgan fingerprint density at radius 3 is 1.50 bits per heavy atom. The maximum Gasteiger partial charge on any atom is 0.312 e. The summed E-state index contributed by atoms with van der Waals surface area (Å²) in [5.74, 6) is -0.555. The second-order valence-electron chi connectivity index (χ2n) is 5.31. The third kappa shape index (κ3) is 2.38. The van der Waals surface area contributed by atoms with Crippen LogP contribution in [0.15, 0.2) is 0 Å². The first-order chi connectivity index (χ1) is 8.42. The molecule has 1 rings (SSSR count). The van der Waals surface area contributed by atoms with Crippen LogP contribution in [0.4, 0.5) is 0 Å². The number of carbonyl (C=O) groups is 2. The van der Waals surface area contributed by atoms with Crippen LogP contribution in [0.3, 0.4) is 0 Å². The van der Waals surface area contributed by atoms with Gasteiger partial charge in [-0.2, -0.15) is 0 Å². The zero-order chi connectivity index (χ0) is 13.8. The van der Waals surface area contributed by atoms with Crippen molar-refractivity contribution in [3.05, 3.63) is 0 Å². The lowest BCUT2D eigenvalue weighted by Crippen LogP contribution is -2.52. The predicted molar refractivity (Wildman–Crippen MR) is 67.9 cm³/mol. The van der Waals surface area contributed by atoms with Gasteiger partial charge >= 0.3 is 11.9 Å². The third-order valence-corrected chi connectivity index (χ3v) is 4.27. The van der Waals surface area contributed by atoms with E-state index >= 15 is 0 Å². The summed E-state index contributed by atoms with van der Waals surface area (Å²) in [6.07, 6.45) is 3.26. The molecule has 0 aromatic carbocycles. The molecule has 0 saturated heterocycles. The van der Waals surface area contributed by atoms with Gasteiger partial charge in [-0.1, -0.05) is 12.8 Å². The van der Waals surface area contributed by atoms with Gasteiger partial charge in [0.2, 0.25) is 0 Å². The van der Waals surface area contributed by atoms with Gasteiger partial charge in [0.1, 0.15) is 0 Å². The second-order valence-corrected chi connectivity index (χ2v) is 5.31. The van der Waals surface area contributed by atoms with Crippen molar-refractivity contribution in [2.75, 3.05) is 13.2 Å². The van der Waals surface area contributed by atoms with Gasteiger partial charge in [0.05, 0.1) is 24.0 Å². The van der Waals surface area contributed by atoms with Crippen molar-refractivity contribution in [1.82, 2.24) is 0 Å². The fourth-order valence-corrected chi connectivity index (χ4v) is 2.74. The van der Waals surface area contributed by atoms with E-state index in [1.807, 2.05) is 13.8 Å². The molecule has 18 heavy (non-hydrogen) atoms. The Kier molecular flexibility index (Phi) is 4.77. The van der Waals surface area contributed by atoms with Crippen LogP contribution in [0.5, 0.6) is 0 Å². The average molecular weight is 256 g/mol. The van der Waals surface area contributed by atoms with Gasteiger partial charge < -0.3 is 9.47 Å².